The van der Waals surface area contributed by atoms with Crippen molar-refractivity contribution in [2.24, 2.45) is 0 Å². The first-order valence-corrected chi connectivity index (χ1v) is 6.49. The van der Waals surface area contributed by atoms with E-state index in [2.05, 4.69) is 20.9 Å². The number of aliphatic hydroxyl groups excluding tert-OH is 1. The summed E-state index contributed by atoms with van der Waals surface area (Å²) in [5, 5.41) is 10.3. The maximum absolute atomic E-state index is 11.1. The Bertz CT molecular complexity index is 773. The molecule has 0 fully saturated rings. The van der Waals surface area contributed by atoms with Gasteiger partial charge in [0.1, 0.15) is 6.10 Å². The van der Waals surface area contributed by atoms with Gasteiger partial charge in [0.2, 0.25) is 0 Å². The molecule has 0 aliphatic heterocycles. The fourth-order valence-corrected chi connectivity index (χ4v) is 2.23. The molecule has 96 valence electrons. The van der Waals surface area contributed by atoms with Crippen LogP contribution in [-0.2, 0) is 0 Å². The third-order valence-electron chi connectivity index (χ3n) is 2.95. The normalized spacial score (nSPS) is 12.7. The number of H-pyrrole nitrogens is 1. The van der Waals surface area contributed by atoms with Crippen LogP contribution in [0.2, 0.25) is 0 Å². The Morgan fingerprint density at radius 2 is 1.79 bits per heavy atom. The Morgan fingerprint density at radius 3 is 2.53 bits per heavy atom. The van der Waals surface area contributed by atoms with E-state index in [9.17, 15) is 9.90 Å². The van der Waals surface area contributed by atoms with Gasteiger partial charge in [0, 0.05) is 4.47 Å². The van der Waals surface area contributed by atoms with Gasteiger partial charge in [-0.25, -0.2) is 4.79 Å². The van der Waals surface area contributed by atoms with Crippen LogP contribution >= 0.6 is 15.9 Å². The number of aromatic nitrogens is 1. The topological polar surface area (TPSA) is 66.2 Å². The number of aromatic amines is 1. The second-order valence-corrected chi connectivity index (χ2v) is 5.14. The van der Waals surface area contributed by atoms with Crippen LogP contribution in [0.1, 0.15) is 17.2 Å². The molecule has 0 amide bonds. The molecule has 0 bridgehead atoms. The lowest BCUT2D eigenvalue weighted by atomic mass is 10.0. The van der Waals surface area contributed by atoms with Gasteiger partial charge in [0.05, 0.1) is 5.52 Å². The minimum Gasteiger partial charge on any atom is -0.408 e. The van der Waals surface area contributed by atoms with Crippen LogP contribution in [0.15, 0.2) is 56.1 Å². The number of rotatable bonds is 2. The molecule has 1 atom stereocenters. The van der Waals surface area contributed by atoms with Crippen molar-refractivity contribution in [3.05, 3.63) is 68.6 Å². The number of oxazole rings is 1. The molecule has 1 aromatic heterocycles. The SMILES string of the molecule is O=c1[nH]c2ccc(C(O)c3ccc(Br)cc3)cc2o1. The van der Waals surface area contributed by atoms with Gasteiger partial charge >= 0.3 is 5.76 Å². The van der Waals surface area contributed by atoms with E-state index in [1.54, 1.807) is 18.2 Å². The summed E-state index contributed by atoms with van der Waals surface area (Å²) in [4.78, 5) is 13.6. The minimum atomic E-state index is -0.752. The van der Waals surface area contributed by atoms with Crippen LogP contribution in [0.25, 0.3) is 11.1 Å². The molecule has 19 heavy (non-hydrogen) atoms. The van der Waals surface area contributed by atoms with Gasteiger partial charge in [0.15, 0.2) is 5.58 Å². The summed E-state index contributed by atoms with van der Waals surface area (Å²) < 4.78 is 5.94. The molecule has 1 heterocycles. The van der Waals surface area contributed by atoms with Gasteiger partial charge in [-0.05, 0) is 35.4 Å². The highest BCUT2D eigenvalue weighted by molar-refractivity contribution is 9.10. The number of halogens is 1. The highest BCUT2D eigenvalue weighted by Crippen LogP contribution is 2.25. The van der Waals surface area contributed by atoms with Gasteiger partial charge in [-0.1, -0.05) is 34.1 Å². The fraction of sp³-hybridized carbons (Fsp3) is 0.0714. The summed E-state index contributed by atoms with van der Waals surface area (Å²) in [6.45, 7) is 0. The molecule has 2 N–H and O–H groups in total. The van der Waals surface area contributed by atoms with Crippen molar-refractivity contribution >= 4 is 27.0 Å². The predicted octanol–water partition coefficient (Wildman–Crippen LogP) is 2.97. The predicted molar refractivity (Wildman–Crippen MR) is 75.0 cm³/mol. The molecule has 0 aliphatic carbocycles. The Kier molecular flexibility index (Phi) is 3.00. The first-order valence-electron chi connectivity index (χ1n) is 5.70. The second kappa shape index (κ2) is 4.68. The minimum absolute atomic E-state index is 0.443. The van der Waals surface area contributed by atoms with E-state index in [1.807, 2.05) is 24.3 Å². The first-order chi connectivity index (χ1) is 9.13. The number of hydrogen-bond acceptors (Lipinski definition) is 3. The van der Waals surface area contributed by atoms with Gasteiger partial charge in [-0.3, -0.25) is 4.98 Å². The van der Waals surface area contributed by atoms with Gasteiger partial charge in [-0.2, -0.15) is 0 Å². The van der Waals surface area contributed by atoms with Crippen molar-refractivity contribution in [1.82, 2.24) is 4.98 Å². The fourth-order valence-electron chi connectivity index (χ4n) is 1.97. The highest BCUT2D eigenvalue weighted by Gasteiger charge is 2.12. The summed E-state index contributed by atoms with van der Waals surface area (Å²) in [6.07, 6.45) is -0.752. The summed E-state index contributed by atoms with van der Waals surface area (Å²) in [5.74, 6) is -0.495. The molecule has 2 aromatic carbocycles. The number of hydrogen-bond donors (Lipinski definition) is 2. The summed E-state index contributed by atoms with van der Waals surface area (Å²) in [6, 6.07) is 12.6. The Hall–Kier alpha value is -1.85. The highest BCUT2D eigenvalue weighted by atomic mass is 79.9. The van der Waals surface area contributed by atoms with Crippen molar-refractivity contribution in [1.29, 1.82) is 0 Å². The zero-order valence-electron chi connectivity index (χ0n) is 9.76. The number of aliphatic hydroxyl groups is 1. The van der Waals surface area contributed by atoms with Crippen LogP contribution in [0.3, 0.4) is 0 Å². The molecule has 0 saturated heterocycles. The smallest absolute Gasteiger partial charge is 0.408 e. The molecule has 3 rings (SSSR count). The van der Waals surface area contributed by atoms with Crippen LogP contribution in [0.5, 0.6) is 0 Å². The molecule has 3 aromatic rings. The van der Waals surface area contributed by atoms with E-state index in [-0.39, 0.29) is 0 Å². The number of benzene rings is 2. The van der Waals surface area contributed by atoms with Crippen molar-refractivity contribution in [2.45, 2.75) is 6.10 Å². The molecule has 0 spiro atoms. The molecule has 0 saturated carbocycles. The van der Waals surface area contributed by atoms with E-state index in [0.29, 0.717) is 16.7 Å². The van der Waals surface area contributed by atoms with Crippen molar-refractivity contribution < 1.29 is 9.52 Å². The zero-order valence-corrected chi connectivity index (χ0v) is 11.3. The zero-order chi connectivity index (χ0) is 13.4. The van der Waals surface area contributed by atoms with Crippen molar-refractivity contribution in [3.63, 3.8) is 0 Å². The van der Waals surface area contributed by atoms with Crippen molar-refractivity contribution in [2.75, 3.05) is 0 Å². The van der Waals surface area contributed by atoms with E-state index in [4.69, 9.17) is 4.42 Å². The summed E-state index contributed by atoms with van der Waals surface area (Å²) in [5.41, 5.74) is 2.52. The molecule has 4 nitrogen and oxygen atoms in total. The summed E-state index contributed by atoms with van der Waals surface area (Å²) in [7, 11) is 0. The summed E-state index contributed by atoms with van der Waals surface area (Å²) >= 11 is 3.35. The van der Waals surface area contributed by atoms with Gasteiger partial charge in [0.25, 0.3) is 0 Å². The average Bonchev–Trinajstić information content (AvgIpc) is 2.77. The van der Waals surface area contributed by atoms with E-state index >= 15 is 0 Å². The second-order valence-electron chi connectivity index (χ2n) is 4.22. The quantitative estimate of drug-likeness (QED) is 0.763. The first kappa shape index (κ1) is 12.2. The van der Waals surface area contributed by atoms with Crippen LogP contribution in [-0.4, -0.2) is 10.1 Å². The van der Waals surface area contributed by atoms with Crippen LogP contribution in [0, 0.1) is 0 Å². The number of fused-ring (bicyclic) bond motifs is 1. The third-order valence-corrected chi connectivity index (χ3v) is 3.48. The van der Waals surface area contributed by atoms with Crippen LogP contribution < -0.4 is 5.76 Å². The molecule has 5 heteroatoms. The molecular formula is C14H10BrNO3. The lowest BCUT2D eigenvalue weighted by Gasteiger charge is -2.11. The molecule has 0 radical (unpaired) electrons. The van der Waals surface area contributed by atoms with E-state index in [0.717, 1.165) is 10.0 Å². The lowest BCUT2D eigenvalue weighted by molar-refractivity contribution is 0.220. The Morgan fingerprint density at radius 1 is 1.11 bits per heavy atom. The Labute approximate surface area is 116 Å². The lowest BCUT2D eigenvalue weighted by Crippen LogP contribution is -1.98. The average molecular weight is 320 g/mol. The number of nitrogens with one attached hydrogen (secondary N) is 1. The largest absolute Gasteiger partial charge is 0.417 e. The maximum Gasteiger partial charge on any atom is 0.417 e. The Balaban J connectivity index is 2.03. The monoisotopic (exact) mass is 319 g/mol. The molecule has 1 unspecified atom stereocenters. The van der Waals surface area contributed by atoms with Crippen LogP contribution in [0.4, 0.5) is 0 Å². The molecular weight excluding hydrogens is 310 g/mol. The third kappa shape index (κ3) is 2.34. The van der Waals surface area contributed by atoms with E-state index in [1.165, 1.54) is 0 Å². The van der Waals surface area contributed by atoms with E-state index < -0.39 is 11.9 Å². The standard InChI is InChI=1S/C14H10BrNO3/c15-10-4-1-8(2-5-10)13(17)9-3-6-11-12(7-9)19-14(18)16-11/h1-7,13,17H,(H,16,18). The molecule has 0 aliphatic rings. The van der Waals surface area contributed by atoms with Gasteiger partial charge < -0.3 is 9.52 Å². The van der Waals surface area contributed by atoms with Gasteiger partial charge in [-0.15, -0.1) is 0 Å². The maximum atomic E-state index is 11.1. The van der Waals surface area contributed by atoms with Crippen molar-refractivity contribution in [3.8, 4) is 0 Å².